The molecule has 0 aliphatic carbocycles. The van der Waals surface area contributed by atoms with Gasteiger partial charge in [-0.25, -0.2) is 4.68 Å². The third kappa shape index (κ3) is 3.11. The lowest BCUT2D eigenvalue weighted by Crippen LogP contribution is -2.29. The molecular formula is C19H22N4O. The van der Waals surface area contributed by atoms with Crippen LogP contribution in [0.1, 0.15) is 48.9 Å². The van der Waals surface area contributed by atoms with E-state index in [1.54, 1.807) is 6.20 Å². The molecule has 1 unspecified atom stereocenters. The predicted octanol–water partition coefficient (Wildman–Crippen LogP) is 3.75. The SMILES string of the molecule is CC(NC(=O)c1cccn1C(C)C)c1ccccc1-n1cccn1. The van der Waals surface area contributed by atoms with Gasteiger partial charge >= 0.3 is 0 Å². The first kappa shape index (κ1) is 16.1. The van der Waals surface area contributed by atoms with Gasteiger partial charge < -0.3 is 9.88 Å². The summed E-state index contributed by atoms with van der Waals surface area (Å²) in [5.74, 6) is -0.0727. The van der Waals surface area contributed by atoms with E-state index in [0.29, 0.717) is 5.69 Å². The number of nitrogens with zero attached hydrogens (tertiary/aromatic N) is 3. The first-order valence-electron chi connectivity index (χ1n) is 8.14. The fraction of sp³-hybridized carbons (Fsp3) is 0.263. The number of nitrogens with one attached hydrogen (secondary N) is 1. The lowest BCUT2D eigenvalue weighted by Gasteiger charge is -2.19. The molecule has 0 saturated carbocycles. The van der Waals surface area contributed by atoms with Gasteiger partial charge in [0.1, 0.15) is 5.69 Å². The lowest BCUT2D eigenvalue weighted by molar-refractivity contribution is 0.0929. The fourth-order valence-corrected chi connectivity index (χ4v) is 2.86. The quantitative estimate of drug-likeness (QED) is 0.778. The highest BCUT2D eigenvalue weighted by atomic mass is 16.2. The van der Waals surface area contributed by atoms with Crippen LogP contribution in [0, 0.1) is 0 Å². The third-order valence-electron chi connectivity index (χ3n) is 4.07. The summed E-state index contributed by atoms with van der Waals surface area (Å²) in [5.41, 5.74) is 2.67. The standard InChI is InChI=1S/C19H22N4O/c1-14(2)22-12-6-10-18(22)19(24)21-15(3)16-8-4-5-9-17(16)23-13-7-11-20-23/h4-15H,1-3H3,(H,21,24). The molecule has 5 nitrogen and oxygen atoms in total. The smallest absolute Gasteiger partial charge is 0.268 e. The molecule has 5 heteroatoms. The van der Waals surface area contributed by atoms with Crippen LogP contribution in [0.15, 0.2) is 61.1 Å². The van der Waals surface area contributed by atoms with Crippen LogP contribution < -0.4 is 5.32 Å². The minimum atomic E-state index is -0.131. The van der Waals surface area contributed by atoms with Gasteiger partial charge in [-0.1, -0.05) is 18.2 Å². The van der Waals surface area contributed by atoms with E-state index in [1.165, 1.54) is 0 Å². The Balaban J connectivity index is 1.84. The molecule has 0 aliphatic heterocycles. The van der Waals surface area contributed by atoms with Crippen molar-refractivity contribution in [3.8, 4) is 5.69 Å². The molecular weight excluding hydrogens is 300 g/mol. The van der Waals surface area contributed by atoms with Crippen molar-refractivity contribution in [1.82, 2.24) is 19.7 Å². The molecule has 24 heavy (non-hydrogen) atoms. The van der Waals surface area contributed by atoms with Gasteiger partial charge in [0.2, 0.25) is 0 Å². The van der Waals surface area contributed by atoms with Gasteiger partial charge in [-0.05, 0) is 50.6 Å². The highest BCUT2D eigenvalue weighted by Gasteiger charge is 2.18. The summed E-state index contributed by atoms with van der Waals surface area (Å²) in [6, 6.07) is 13.7. The van der Waals surface area contributed by atoms with Crippen molar-refractivity contribution < 1.29 is 4.79 Å². The van der Waals surface area contributed by atoms with Crippen molar-refractivity contribution >= 4 is 5.91 Å². The summed E-state index contributed by atoms with van der Waals surface area (Å²) < 4.78 is 3.79. The van der Waals surface area contributed by atoms with Crippen LogP contribution in [0.25, 0.3) is 5.69 Å². The number of carbonyl (C=O) groups excluding carboxylic acids is 1. The minimum absolute atomic E-state index is 0.0727. The number of hydrogen-bond donors (Lipinski definition) is 1. The Morgan fingerprint density at radius 2 is 1.83 bits per heavy atom. The Hall–Kier alpha value is -2.82. The summed E-state index contributed by atoms with van der Waals surface area (Å²) in [6.45, 7) is 6.11. The molecule has 1 aromatic carbocycles. The van der Waals surface area contributed by atoms with Crippen molar-refractivity contribution in [2.24, 2.45) is 0 Å². The van der Waals surface area contributed by atoms with Crippen molar-refractivity contribution in [3.63, 3.8) is 0 Å². The summed E-state index contributed by atoms with van der Waals surface area (Å²) in [4.78, 5) is 12.7. The zero-order valence-corrected chi connectivity index (χ0v) is 14.2. The van der Waals surface area contributed by atoms with Crippen molar-refractivity contribution in [1.29, 1.82) is 0 Å². The van der Waals surface area contributed by atoms with Gasteiger partial charge in [0.25, 0.3) is 5.91 Å². The zero-order chi connectivity index (χ0) is 17.1. The number of rotatable bonds is 5. The number of aromatic nitrogens is 3. The fourth-order valence-electron chi connectivity index (χ4n) is 2.86. The minimum Gasteiger partial charge on any atom is -0.344 e. The molecule has 0 spiro atoms. The largest absolute Gasteiger partial charge is 0.344 e. The topological polar surface area (TPSA) is 51.9 Å². The van der Waals surface area contributed by atoms with Crippen LogP contribution in [0.3, 0.4) is 0 Å². The van der Waals surface area contributed by atoms with Crippen molar-refractivity contribution in [3.05, 3.63) is 72.3 Å². The second-order valence-electron chi connectivity index (χ2n) is 6.10. The van der Waals surface area contributed by atoms with Gasteiger partial charge in [0.15, 0.2) is 0 Å². The molecule has 3 rings (SSSR count). The van der Waals surface area contributed by atoms with E-state index in [-0.39, 0.29) is 18.0 Å². The molecule has 124 valence electrons. The second-order valence-corrected chi connectivity index (χ2v) is 6.10. The first-order valence-corrected chi connectivity index (χ1v) is 8.14. The maximum absolute atomic E-state index is 12.7. The van der Waals surface area contributed by atoms with E-state index < -0.39 is 0 Å². The Morgan fingerprint density at radius 3 is 2.54 bits per heavy atom. The van der Waals surface area contributed by atoms with Crippen LogP contribution in [0.5, 0.6) is 0 Å². The van der Waals surface area contributed by atoms with E-state index in [2.05, 4.69) is 24.3 Å². The normalized spacial score (nSPS) is 12.3. The van der Waals surface area contributed by atoms with E-state index in [4.69, 9.17) is 0 Å². The number of hydrogen-bond acceptors (Lipinski definition) is 2. The monoisotopic (exact) mass is 322 g/mol. The third-order valence-corrected chi connectivity index (χ3v) is 4.07. The van der Waals surface area contributed by atoms with Gasteiger partial charge in [-0.2, -0.15) is 5.10 Å². The average Bonchev–Trinajstić information content (AvgIpc) is 3.26. The molecule has 2 aromatic heterocycles. The van der Waals surface area contributed by atoms with Gasteiger partial charge in [0.05, 0.1) is 11.7 Å². The highest BCUT2D eigenvalue weighted by Crippen LogP contribution is 2.21. The zero-order valence-electron chi connectivity index (χ0n) is 14.2. The van der Waals surface area contributed by atoms with Crippen molar-refractivity contribution in [2.45, 2.75) is 32.9 Å². The summed E-state index contributed by atoms with van der Waals surface area (Å²) >= 11 is 0. The lowest BCUT2D eigenvalue weighted by atomic mass is 10.1. The average molecular weight is 322 g/mol. The molecule has 2 heterocycles. The highest BCUT2D eigenvalue weighted by molar-refractivity contribution is 5.93. The van der Waals surface area contributed by atoms with E-state index >= 15 is 0 Å². The number of amides is 1. The predicted molar refractivity (Wildman–Crippen MR) is 94.3 cm³/mol. The Kier molecular flexibility index (Phi) is 4.51. The molecule has 0 aliphatic rings. The molecule has 1 atom stereocenters. The van der Waals surface area contributed by atoms with E-state index in [0.717, 1.165) is 11.3 Å². The van der Waals surface area contributed by atoms with Crippen LogP contribution in [0.2, 0.25) is 0 Å². The van der Waals surface area contributed by atoms with Crippen LogP contribution in [-0.4, -0.2) is 20.3 Å². The number of carbonyl (C=O) groups is 1. The van der Waals surface area contributed by atoms with Gasteiger partial charge in [-0.15, -0.1) is 0 Å². The van der Waals surface area contributed by atoms with E-state index in [9.17, 15) is 4.79 Å². The van der Waals surface area contributed by atoms with Crippen LogP contribution >= 0.6 is 0 Å². The molecule has 3 aromatic rings. The maximum atomic E-state index is 12.7. The Labute approximate surface area is 141 Å². The number of benzene rings is 1. The molecule has 0 saturated heterocycles. The summed E-state index contributed by atoms with van der Waals surface area (Å²) in [5, 5.41) is 7.39. The van der Waals surface area contributed by atoms with Crippen LogP contribution in [-0.2, 0) is 0 Å². The molecule has 0 bridgehead atoms. The Morgan fingerprint density at radius 1 is 1.04 bits per heavy atom. The summed E-state index contributed by atoms with van der Waals surface area (Å²) in [6.07, 6.45) is 5.58. The maximum Gasteiger partial charge on any atom is 0.268 e. The number of para-hydroxylation sites is 1. The summed E-state index contributed by atoms with van der Waals surface area (Å²) in [7, 11) is 0. The van der Waals surface area contributed by atoms with Crippen LogP contribution in [0.4, 0.5) is 0 Å². The molecule has 0 radical (unpaired) electrons. The Bertz CT molecular complexity index is 818. The van der Waals surface area contributed by atoms with Gasteiger partial charge in [0, 0.05) is 24.6 Å². The van der Waals surface area contributed by atoms with Gasteiger partial charge in [-0.3, -0.25) is 4.79 Å². The molecule has 1 amide bonds. The second kappa shape index (κ2) is 6.74. The van der Waals surface area contributed by atoms with Crippen molar-refractivity contribution in [2.75, 3.05) is 0 Å². The molecule has 0 fully saturated rings. The molecule has 1 N–H and O–H groups in total. The van der Waals surface area contributed by atoms with E-state index in [1.807, 2.05) is 71.0 Å². The first-order chi connectivity index (χ1) is 11.6.